The lowest BCUT2D eigenvalue weighted by Gasteiger charge is -2.13. The Morgan fingerprint density at radius 3 is 2.08 bits per heavy atom. The van der Waals surface area contributed by atoms with E-state index in [0.29, 0.717) is 34.1 Å². The molecule has 25 heavy (non-hydrogen) atoms. The van der Waals surface area contributed by atoms with Crippen LogP contribution in [0.15, 0.2) is 40.8 Å². The molecule has 0 atom stereocenters. The van der Waals surface area contributed by atoms with Gasteiger partial charge in [-0.05, 0) is 30.3 Å². The Morgan fingerprint density at radius 2 is 1.52 bits per heavy atom. The Labute approximate surface area is 144 Å². The first-order valence-corrected chi connectivity index (χ1v) is 7.53. The molecule has 130 valence electrons. The molecule has 3 rings (SSSR count). The highest BCUT2D eigenvalue weighted by atomic mass is 16.5. The van der Waals surface area contributed by atoms with Gasteiger partial charge in [0.05, 0.1) is 28.4 Å². The summed E-state index contributed by atoms with van der Waals surface area (Å²) in [5, 5.41) is 0.816. The standard InChI is InChI=1S/C19H18O6/c1-21-13-6-5-11-7-15(25-14(11)10-13)18(20)12-8-16(22-2)19(24-4)17(9-12)23-3/h5-10H,1-4H3. The predicted molar refractivity (Wildman–Crippen MR) is 92.3 cm³/mol. The minimum absolute atomic E-state index is 0.220. The fourth-order valence-corrected chi connectivity index (χ4v) is 2.60. The second-order valence-corrected chi connectivity index (χ2v) is 5.26. The Morgan fingerprint density at radius 1 is 0.840 bits per heavy atom. The topological polar surface area (TPSA) is 67.1 Å². The largest absolute Gasteiger partial charge is 0.497 e. The molecule has 1 aromatic heterocycles. The first-order chi connectivity index (χ1) is 12.1. The molecule has 0 amide bonds. The molecule has 0 bridgehead atoms. The van der Waals surface area contributed by atoms with Crippen molar-refractivity contribution in [3.63, 3.8) is 0 Å². The fraction of sp³-hybridized carbons (Fsp3) is 0.211. The molecule has 0 saturated carbocycles. The first-order valence-electron chi connectivity index (χ1n) is 7.53. The number of rotatable bonds is 6. The average Bonchev–Trinajstić information content (AvgIpc) is 3.08. The van der Waals surface area contributed by atoms with E-state index in [0.717, 1.165) is 5.39 Å². The predicted octanol–water partition coefficient (Wildman–Crippen LogP) is 3.70. The summed E-state index contributed by atoms with van der Waals surface area (Å²) in [6.07, 6.45) is 0. The van der Waals surface area contributed by atoms with Gasteiger partial charge in [-0.15, -0.1) is 0 Å². The van der Waals surface area contributed by atoms with Gasteiger partial charge < -0.3 is 23.4 Å². The van der Waals surface area contributed by atoms with Crippen molar-refractivity contribution in [3.05, 3.63) is 47.7 Å². The molecule has 2 aromatic carbocycles. The second kappa shape index (κ2) is 6.76. The van der Waals surface area contributed by atoms with Crippen LogP contribution in [0, 0.1) is 0 Å². The van der Waals surface area contributed by atoms with Gasteiger partial charge in [0.1, 0.15) is 11.3 Å². The van der Waals surface area contributed by atoms with Gasteiger partial charge in [0, 0.05) is 17.0 Å². The second-order valence-electron chi connectivity index (χ2n) is 5.26. The molecule has 0 N–H and O–H groups in total. The van der Waals surface area contributed by atoms with Crippen LogP contribution in [-0.2, 0) is 0 Å². The number of carbonyl (C=O) groups excluding carboxylic acids is 1. The van der Waals surface area contributed by atoms with Crippen LogP contribution in [0.3, 0.4) is 0 Å². The van der Waals surface area contributed by atoms with E-state index in [4.69, 9.17) is 23.4 Å². The maximum absolute atomic E-state index is 12.8. The lowest BCUT2D eigenvalue weighted by Crippen LogP contribution is -2.03. The third kappa shape index (κ3) is 2.98. The molecule has 6 nitrogen and oxygen atoms in total. The number of carbonyl (C=O) groups is 1. The van der Waals surface area contributed by atoms with E-state index < -0.39 is 0 Å². The molecule has 0 aliphatic heterocycles. The van der Waals surface area contributed by atoms with Crippen LogP contribution in [0.2, 0.25) is 0 Å². The van der Waals surface area contributed by atoms with Crippen molar-refractivity contribution in [2.24, 2.45) is 0 Å². The third-order valence-electron chi connectivity index (χ3n) is 3.88. The zero-order chi connectivity index (χ0) is 18.0. The minimum Gasteiger partial charge on any atom is -0.497 e. The number of hydrogen-bond donors (Lipinski definition) is 0. The van der Waals surface area contributed by atoms with Crippen LogP contribution < -0.4 is 18.9 Å². The third-order valence-corrected chi connectivity index (χ3v) is 3.88. The highest BCUT2D eigenvalue weighted by molar-refractivity contribution is 6.09. The Kier molecular flexibility index (Phi) is 4.52. The average molecular weight is 342 g/mol. The van der Waals surface area contributed by atoms with E-state index >= 15 is 0 Å². The van der Waals surface area contributed by atoms with E-state index in [1.54, 1.807) is 31.4 Å². The summed E-state index contributed by atoms with van der Waals surface area (Å²) in [7, 11) is 6.08. The molecule has 6 heteroatoms. The number of hydrogen-bond acceptors (Lipinski definition) is 6. The summed E-state index contributed by atoms with van der Waals surface area (Å²) in [4.78, 5) is 12.8. The molecule has 0 spiro atoms. The summed E-state index contributed by atoms with van der Waals surface area (Å²) in [5.41, 5.74) is 0.954. The van der Waals surface area contributed by atoms with E-state index in [9.17, 15) is 4.79 Å². The van der Waals surface area contributed by atoms with Crippen molar-refractivity contribution in [1.29, 1.82) is 0 Å². The Hall–Kier alpha value is -3.15. The molecule has 0 unspecified atom stereocenters. The normalized spacial score (nSPS) is 10.6. The van der Waals surface area contributed by atoms with Gasteiger partial charge in [-0.25, -0.2) is 0 Å². The monoisotopic (exact) mass is 342 g/mol. The van der Waals surface area contributed by atoms with Crippen LogP contribution in [0.4, 0.5) is 0 Å². The van der Waals surface area contributed by atoms with Gasteiger partial charge in [-0.1, -0.05) is 0 Å². The molecule has 0 radical (unpaired) electrons. The van der Waals surface area contributed by atoms with Crippen molar-refractivity contribution in [2.75, 3.05) is 28.4 Å². The number of benzene rings is 2. The zero-order valence-corrected chi connectivity index (χ0v) is 14.4. The number of methoxy groups -OCH3 is 4. The van der Waals surface area contributed by atoms with Crippen molar-refractivity contribution in [1.82, 2.24) is 0 Å². The van der Waals surface area contributed by atoms with E-state index in [1.165, 1.54) is 21.3 Å². The number of ether oxygens (including phenoxy) is 4. The van der Waals surface area contributed by atoms with Crippen LogP contribution in [0.1, 0.15) is 16.1 Å². The SMILES string of the molecule is COc1ccc2cc(C(=O)c3cc(OC)c(OC)c(OC)c3)oc2c1. The van der Waals surface area contributed by atoms with E-state index in [2.05, 4.69) is 0 Å². The van der Waals surface area contributed by atoms with Gasteiger partial charge in [0.15, 0.2) is 17.3 Å². The van der Waals surface area contributed by atoms with Crippen LogP contribution >= 0.6 is 0 Å². The maximum atomic E-state index is 12.8. The van der Waals surface area contributed by atoms with Gasteiger partial charge in [-0.2, -0.15) is 0 Å². The quantitative estimate of drug-likeness (QED) is 0.636. The van der Waals surface area contributed by atoms with Gasteiger partial charge >= 0.3 is 0 Å². The van der Waals surface area contributed by atoms with Crippen LogP contribution in [-0.4, -0.2) is 34.2 Å². The van der Waals surface area contributed by atoms with Crippen molar-refractivity contribution < 1.29 is 28.2 Å². The number of furan rings is 1. The molecule has 1 heterocycles. The summed E-state index contributed by atoms with van der Waals surface area (Å²) < 4.78 is 26.7. The van der Waals surface area contributed by atoms with Gasteiger partial charge in [-0.3, -0.25) is 4.79 Å². The van der Waals surface area contributed by atoms with Gasteiger partial charge in [0.2, 0.25) is 11.5 Å². The molecule has 0 aliphatic rings. The highest BCUT2D eigenvalue weighted by Gasteiger charge is 2.20. The Bertz CT molecular complexity index is 900. The zero-order valence-electron chi connectivity index (χ0n) is 14.4. The summed E-state index contributed by atoms with van der Waals surface area (Å²) >= 11 is 0. The smallest absolute Gasteiger partial charge is 0.228 e. The lowest BCUT2D eigenvalue weighted by molar-refractivity contribution is 0.101. The van der Waals surface area contributed by atoms with E-state index in [1.807, 2.05) is 12.1 Å². The Balaban J connectivity index is 2.05. The van der Waals surface area contributed by atoms with Crippen molar-refractivity contribution >= 4 is 16.8 Å². The molecule has 0 fully saturated rings. The minimum atomic E-state index is -0.283. The lowest BCUT2D eigenvalue weighted by atomic mass is 10.1. The maximum Gasteiger partial charge on any atom is 0.228 e. The highest BCUT2D eigenvalue weighted by Crippen LogP contribution is 2.39. The molecule has 0 aliphatic carbocycles. The van der Waals surface area contributed by atoms with Crippen LogP contribution in [0.5, 0.6) is 23.0 Å². The van der Waals surface area contributed by atoms with Crippen molar-refractivity contribution in [2.45, 2.75) is 0 Å². The van der Waals surface area contributed by atoms with Gasteiger partial charge in [0.25, 0.3) is 0 Å². The van der Waals surface area contributed by atoms with Crippen LogP contribution in [0.25, 0.3) is 11.0 Å². The fourth-order valence-electron chi connectivity index (χ4n) is 2.60. The van der Waals surface area contributed by atoms with Crippen molar-refractivity contribution in [3.8, 4) is 23.0 Å². The molecular formula is C19H18O6. The molecule has 0 saturated heterocycles. The van der Waals surface area contributed by atoms with E-state index in [-0.39, 0.29) is 11.5 Å². The molecular weight excluding hydrogens is 324 g/mol. The number of ketones is 1. The summed E-state index contributed by atoms with van der Waals surface area (Å²) in [5.74, 6) is 1.84. The summed E-state index contributed by atoms with van der Waals surface area (Å²) in [6, 6.07) is 10.3. The summed E-state index contributed by atoms with van der Waals surface area (Å²) in [6.45, 7) is 0. The molecule has 3 aromatic rings. The number of fused-ring (bicyclic) bond motifs is 1. The first kappa shape index (κ1) is 16.7.